The fourth-order valence-electron chi connectivity index (χ4n) is 1.78. The molecule has 5 nitrogen and oxygen atoms in total. The van der Waals surface area contributed by atoms with E-state index in [1.165, 1.54) is 0 Å². The summed E-state index contributed by atoms with van der Waals surface area (Å²) < 4.78 is 4.81. The Morgan fingerprint density at radius 3 is 2.55 bits per heavy atom. The number of nitrogens with one attached hydrogen (secondary N) is 2. The van der Waals surface area contributed by atoms with Crippen molar-refractivity contribution in [3.05, 3.63) is 29.8 Å². The molecule has 1 aromatic carbocycles. The van der Waals surface area contributed by atoms with Gasteiger partial charge in [-0.25, -0.2) is 4.79 Å². The summed E-state index contributed by atoms with van der Waals surface area (Å²) in [6.07, 6.45) is -0.578. The lowest BCUT2D eigenvalue weighted by atomic mass is 10.0. The predicted molar refractivity (Wildman–Crippen MR) is 78.6 cm³/mol. The number of hydrogen-bond donors (Lipinski definition) is 2. The predicted octanol–water partition coefficient (Wildman–Crippen LogP) is 2.70. The third-order valence-electron chi connectivity index (χ3n) is 2.78. The van der Waals surface area contributed by atoms with Crippen molar-refractivity contribution in [1.29, 1.82) is 0 Å². The normalized spacial score (nSPS) is 11.8. The molecular weight excluding hydrogens is 256 g/mol. The van der Waals surface area contributed by atoms with Crippen molar-refractivity contribution in [3.8, 4) is 0 Å². The molecule has 1 aromatic rings. The van der Waals surface area contributed by atoms with Crippen LogP contribution in [0.3, 0.4) is 0 Å². The van der Waals surface area contributed by atoms with Crippen LogP contribution in [-0.2, 0) is 9.53 Å². The van der Waals surface area contributed by atoms with Crippen LogP contribution < -0.4 is 10.6 Å². The number of alkyl carbamates (subject to hydrolysis) is 1. The summed E-state index contributed by atoms with van der Waals surface area (Å²) in [5, 5.41) is 5.38. The second-order valence-electron chi connectivity index (χ2n) is 4.95. The minimum atomic E-state index is -0.630. The molecule has 0 radical (unpaired) electrons. The molecular formula is C15H22N2O3. The molecule has 0 saturated carbocycles. The Morgan fingerprint density at radius 1 is 1.30 bits per heavy atom. The van der Waals surface area contributed by atoms with Crippen molar-refractivity contribution in [2.75, 3.05) is 11.9 Å². The zero-order valence-electron chi connectivity index (χ0n) is 12.4. The van der Waals surface area contributed by atoms with Gasteiger partial charge in [-0.1, -0.05) is 26.0 Å². The van der Waals surface area contributed by atoms with Gasteiger partial charge in [0.05, 0.1) is 6.61 Å². The number of carbonyl (C=O) groups excluding carboxylic acids is 2. The summed E-state index contributed by atoms with van der Waals surface area (Å²) in [4.78, 5) is 23.7. The summed E-state index contributed by atoms with van der Waals surface area (Å²) in [6, 6.07) is 6.88. The van der Waals surface area contributed by atoms with Crippen LogP contribution in [0.5, 0.6) is 0 Å². The molecule has 0 aliphatic carbocycles. The van der Waals surface area contributed by atoms with Crippen molar-refractivity contribution in [3.63, 3.8) is 0 Å². The Balaban J connectivity index is 2.71. The van der Waals surface area contributed by atoms with Crippen LogP contribution in [0.1, 0.15) is 26.3 Å². The molecule has 20 heavy (non-hydrogen) atoms. The molecule has 2 amide bonds. The molecule has 2 N–H and O–H groups in total. The van der Waals surface area contributed by atoms with Crippen LogP contribution in [0.15, 0.2) is 24.3 Å². The Kier molecular flexibility index (Phi) is 6.03. The molecule has 0 unspecified atom stereocenters. The molecule has 1 rings (SSSR count). The topological polar surface area (TPSA) is 67.4 Å². The number of hydrogen-bond acceptors (Lipinski definition) is 3. The summed E-state index contributed by atoms with van der Waals surface area (Å²) in [5.74, 6) is -0.289. The Morgan fingerprint density at radius 2 is 2.00 bits per heavy atom. The van der Waals surface area contributed by atoms with E-state index in [0.29, 0.717) is 5.69 Å². The van der Waals surface area contributed by atoms with E-state index in [-0.39, 0.29) is 18.4 Å². The van der Waals surface area contributed by atoms with E-state index in [0.717, 1.165) is 5.56 Å². The van der Waals surface area contributed by atoms with Crippen molar-refractivity contribution >= 4 is 17.7 Å². The number of benzene rings is 1. The van der Waals surface area contributed by atoms with Gasteiger partial charge < -0.3 is 15.4 Å². The third kappa shape index (κ3) is 4.91. The lowest BCUT2D eigenvalue weighted by Crippen LogP contribution is -2.47. The zero-order chi connectivity index (χ0) is 15.1. The van der Waals surface area contributed by atoms with Crippen LogP contribution in [0.2, 0.25) is 0 Å². The Bertz CT molecular complexity index is 472. The molecule has 0 fully saturated rings. The standard InChI is InChI=1S/C15H22N2O3/c1-5-20-15(19)17-13(10(2)3)14(18)16-12-8-6-7-11(4)9-12/h6-10,13H,5H2,1-4H3,(H,16,18)(H,17,19)/t13-/m0/s1. The van der Waals surface area contributed by atoms with Gasteiger partial charge in [-0.3, -0.25) is 4.79 Å². The number of rotatable bonds is 5. The van der Waals surface area contributed by atoms with Crippen LogP contribution in [0.25, 0.3) is 0 Å². The summed E-state index contributed by atoms with van der Waals surface area (Å²) in [5.41, 5.74) is 1.77. The van der Waals surface area contributed by atoms with Gasteiger partial charge in [-0.2, -0.15) is 0 Å². The Labute approximate surface area is 119 Å². The highest BCUT2D eigenvalue weighted by molar-refractivity contribution is 5.96. The van der Waals surface area contributed by atoms with E-state index in [9.17, 15) is 9.59 Å². The SMILES string of the molecule is CCOC(=O)N[C@H](C(=O)Nc1cccc(C)c1)C(C)C. The van der Waals surface area contributed by atoms with Crippen molar-refractivity contribution in [2.24, 2.45) is 5.92 Å². The number of carbonyl (C=O) groups is 2. The highest BCUT2D eigenvalue weighted by Gasteiger charge is 2.24. The van der Waals surface area contributed by atoms with E-state index < -0.39 is 12.1 Å². The van der Waals surface area contributed by atoms with Gasteiger partial charge in [-0.15, -0.1) is 0 Å². The Hall–Kier alpha value is -2.04. The van der Waals surface area contributed by atoms with E-state index in [2.05, 4.69) is 10.6 Å². The molecule has 0 saturated heterocycles. The fourth-order valence-corrected chi connectivity index (χ4v) is 1.78. The molecule has 1 atom stereocenters. The highest BCUT2D eigenvalue weighted by Crippen LogP contribution is 2.12. The average molecular weight is 278 g/mol. The average Bonchev–Trinajstić information content (AvgIpc) is 2.35. The molecule has 5 heteroatoms. The summed E-state index contributed by atoms with van der Waals surface area (Å²) >= 11 is 0. The lowest BCUT2D eigenvalue weighted by Gasteiger charge is -2.21. The van der Waals surface area contributed by atoms with Crippen LogP contribution >= 0.6 is 0 Å². The molecule has 0 aromatic heterocycles. The minimum absolute atomic E-state index is 0.0378. The van der Waals surface area contributed by atoms with E-state index in [1.54, 1.807) is 6.92 Å². The van der Waals surface area contributed by atoms with Crippen molar-refractivity contribution < 1.29 is 14.3 Å². The smallest absolute Gasteiger partial charge is 0.407 e. The molecule has 0 bridgehead atoms. The fraction of sp³-hybridized carbons (Fsp3) is 0.467. The maximum atomic E-state index is 12.2. The van der Waals surface area contributed by atoms with Crippen molar-refractivity contribution in [2.45, 2.75) is 33.7 Å². The van der Waals surface area contributed by atoms with Gasteiger partial charge in [0.2, 0.25) is 5.91 Å². The monoisotopic (exact) mass is 278 g/mol. The molecule has 0 spiro atoms. The van der Waals surface area contributed by atoms with Crippen molar-refractivity contribution in [1.82, 2.24) is 5.32 Å². The quantitative estimate of drug-likeness (QED) is 0.870. The first-order valence-corrected chi connectivity index (χ1v) is 6.74. The second-order valence-corrected chi connectivity index (χ2v) is 4.95. The van der Waals surface area contributed by atoms with Gasteiger partial charge >= 0.3 is 6.09 Å². The van der Waals surface area contributed by atoms with Crippen LogP contribution in [-0.4, -0.2) is 24.6 Å². The maximum Gasteiger partial charge on any atom is 0.407 e. The molecule has 0 aliphatic heterocycles. The van der Waals surface area contributed by atoms with Crippen LogP contribution in [0.4, 0.5) is 10.5 Å². The number of anilines is 1. The first kappa shape index (κ1) is 16.0. The van der Waals surface area contributed by atoms with Gasteiger partial charge in [-0.05, 0) is 37.5 Å². The minimum Gasteiger partial charge on any atom is -0.450 e. The number of aryl methyl sites for hydroxylation is 1. The van der Waals surface area contributed by atoms with Gasteiger partial charge in [0.15, 0.2) is 0 Å². The van der Waals surface area contributed by atoms with Gasteiger partial charge in [0.25, 0.3) is 0 Å². The van der Waals surface area contributed by atoms with E-state index in [4.69, 9.17) is 4.74 Å². The zero-order valence-corrected chi connectivity index (χ0v) is 12.4. The van der Waals surface area contributed by atoms with E-state index in [1.807, 2.05) is 45.0 Å². The molecule has 0 aliphatic rings. The van der Waals surface area contributed by atoms with E-state index >= 15 is 0 Å². The lowest BCUT2D eigenvalue weighted by molar-refractivity contribution is -0.119. The molecule has 110 valence electrons. The largest absolute Gasteiger partial charge is 0.450 e. The summed E-state index contributed by atoms with van der Waals surface area (Å²) in [6.45, 7) is 7.68. The first-order chi connectivity index (χ1) is 9.43. The summed E-state index contributed by atoms with van der Waals surface area (Å²) in [7, 11) is 0. The maximum absolute atomic E-state index is 12.2. The highest BCUT2D eigenvalue weighted by atomic mass is 16.5. The molecule has 0 heterocycles. The first-order valence-electron chi connectivity index (χ1n) is 6.74. The van der Waals surface area contributed by atoms with Crippen LogP contribution in [0, 0.1) is 12.8 Å². The van der Waals surface area contributed by atoms with Gasteiger partial charge in [0, 0.05) is 5.69 Å². The van der Waals surface area contributed by atoms with Gasteiger partial charge in [0.1, 0.15) is 6.04 Å². The third-order valence-corrected chi connectivity index (χ3v) is 2.78. The number of amides is 2. The second kappa shape index (κ2) is 7.53. The number of ether oxygens (including phenoxy) is 1.